The second-order valence-electron chi connectivity index (χ2n) is 4.31. The van der Waals surface area contributed by atoms with E-state index in [0.717, 1.165) is 0 Å². The van der Waals surface area contributed by atoms with Gasteiger partial charge in [-0.15, -0.1) is 0 Å². The SMILES string of the molecule is CC(C)(C)OC(=O)N[C@@H](CO)[C@H]1CO1. The number of amides is 1. The number of hydrogen-bond donors (Lipinski definition) is 2. The zero-order chi connectivity index (χ0) is 10.8. The fourth-order valence-corrected chi connectivity index (χ4v) is 1.00. The Kier molecular flexibility index (Phi) is 3.34. The Morgan fingerprint density at radius 1 is 1.71 bits per heavy atom. The topological polar surface area (TPSA) is 71.1 Å². The summed E-state index contributed by atoms with van der Waals surface area (Å²) in [5.41, 5.74) is -0.519. The number of epoxide rings is 1. The summed E-state index contributed by atoms with van der Waals surface area (Å²) < 4.78 is 9.99. The maximum Gasteiger partial charge on any atom is 0.408 e. The molecule has 0 aromatic heterocycles. The first-order valence-electron chi connectivity index (χ1n) is 4.64. The quantitative estimate of drug-likeness (QED) is 0.646. The maximum atomic E-state index is 11.3. The van der Waals surface area contributed by atoms with Crippen LogP contribution in [0.1, 0.15) is 20.8 Å². The number of nitrogens with one attached hydrogen (secondary N) is 1. The Balaban J connectivity index is 2.31. The van der Waals surface area contributed by atoms with Crippen molar-refractivity contribution in [2.45, 2.75) is 38.5 Å². The van der Waals surface area contributed by atoms with Gasteiger partial charge in [0.15, 0.2) is 0 Å². The summed E-state index contributed by atoms with van der Waals surface area (Å²) in [6, 6.07) is -0.357. The molecule has 0 saturated carbocycles. The number of carbonyl (C=O) groups excluding carboxylic acids is 1. The average Bonchev–Trinajstić information content (AvgIpc) is 2.78. The number of aliphatic hydroxyl groups excluding tert-OH is 1. The first-order chi connectivity index (χ1) is 6.42. The fourth-order valence-electron chi connectivity index (χ4n) is 1.00. The summed E-state index contributed by atoms with van der Waals surface area (Å²) in [6.45, 7) is 5.81. The van der Waals surface area contributed by atoms with E-state index in [4.69, 9.17) is 14.6 Å². The van der Waals surface area contributed by atoms with Crippen LogP contribution in [0.25, 0.3) is 0 Å². The normalized spacial score (nSPS) is 22.7. The number of carbonyl (C=O) groups is 1. The predicted octanol–water partition coefficient (Wildman–Crippen LogP) is 0.271. The lowest BCUT2D eigenvalue weighted by atomic mass is 10.2. The van der Waals surface area contributed by atoms with E-state index in [9.17, 15) is 4.79 Å². The molecular weight excluding hydrogens is 186 g/mol. The molecule has 1 aliphatic rings. The van der Waals surface area contributed by atoms with Crippen LogP contribution in [0.15, 0.2) is 0 Å². The van der Waals surface area contributed by atoms with Gasteiger partial charge in [0.1, 0.15) is 11.7 Å². The molecule has 1 rings (SSSR count). The highest BCUT2D eigenvalue weighted by Crippen LogP contribution is 2.14. The Labute approximate surface area is 83.4 Å². The fraction of sp³-hybridized carbons (Fsp3) is 0.889. The highest BCUT2D eigenvalue weighted by atomic mass is 16.6. The van der Waals surface area contributed by atoms with Crippen LogP contribution in [0.2, 0.25) is 0 Å². The average molecular weight is 203 g/mol. The smallest absolute Gasteiger partial charge is 0.408 e. The zero-order valence-electron chi connectivity index (χ0n) is 8.74. The lowest BCUT2D eigenvalue weighted by Crippen LogP contribution is -2.44. The molecule has 5 heteroatoms. The molecule has 82 valence electrons. The molecule has 2 N–H and O–H groups in total. The third kappa shape index (κ3) is 3.93. The van der Waals surface area contributed by atoms with Gasteiger partial charge in [-0.05, 0) is 20.8 Å². The first-order valence-corrected chi connectivity index (χ1v) is 4.64. The van der Waals surface area contributed by atoms with Crippen LogP contribution in [0.3, 0.4) is 0 Å². The molecule has 14 heavy (non-hydrogen) atoms. The Morgan fingerprint density at radius 2 is 2.29 bits per heavy atom. The van der Waals surface area contributed by atoms with Crippen molar-refractivity contribution in [3.8, 4) is 0 Å². The van der Waals surface area contributed by atoms with E-state index in [2.05, 4.69) is 5.32 Å². The predicted molar refractivity (Wildman–Crippen MR) is 50.0 cm³/mol. The van der Waals surface area contributed by atoms with Crippen LogP contribution < -0.4 is 5.32 Å². The van der Waals surface area contributed by atoms with Gasteiger partial charge in [-0.2, -0.15) is 0 Å². The standard InChI is InChI=1S/C9H17NO4/c1-9(2,3)14-8(12)10-6(4-11)7-5-13-7/h6-7,11H,4-5H2,1-3H3,(H,10,12)/t6-,7+/m0/s1. The van der Waals surface area contributed by atoms with E-state index in [1.807, 2.05) is 0 Å². The Hall–Kier alpha value is -0.810. The minimum absolute atomic E-state index is 0.0625. The van der Waals surface area contributed by atoms with Crippen molar-refractivity contribution in [2.24, 2.45) is 0 Å². The van der Waals surface area contributed by atoms with Crippen LogP contribution in [0.4, 0.5) is 4.79 Å². The van der Waals surface area contributed by atoms with E-state index < -0.39 is 11.7 Å². The minimum Gasteiger partial charge on any atom is -0.444 e. The van der Waals surface area contributed by atoms with Gasteiger partial charge < -0.3 is 19.9 Å². The Morgan fingerprint density at radius 3 is 2.64 bits per heavy atom. The lowest BCUT2D eigenvalue weighted by molar-refractivity contribution is 0.0469. The van der Waals surface area contributed by atoms with Crippen molar-refractivity contribution in [3.63, 3.8) is 0 Å². The molecule has 1 fully saturated rings. The van der Waals surface area contributed by atoms with Crippen molar-refractivity contribution in [1.29, 1.82) is 0 Å². The molecule has 0 aliphatic carbocycles. The summed E-state index contributed by atoms with van der Waals surface area (Å²) in [7, 11) is 0. The number of hydrogen-bond acceptors (Lipinski definition) is 4. The monoisotopic (exact) mass is 203 g/mol. The highest BCUT2D eigenvalue weighted by molar-refractivity contribution is 5.68. The molecule has 0 aromatic rings. The van der Waals surface area contributed by atoms with E-state index in [1.54, 1.807) is 20.8 Å². The number of ether oxygens (including phenoxy) is 2. The van der Waals surface area contributed by atoms with E-state index in [-0.39, 0.29) is 18.8 Å². The van der Waals surface area contributed by atoms with Gasteiger partial charge in [0, 0.05) is 0 Å². The molecule has 0 aromatic carbocycles. The molecule has 1 aliphatic heterocycles. The molecule has 0 radical (unpaired) electrons. The molecule has 0 spiro atoms. The van der Waals surface area contributed by atoms with Gasteiger partial charge in [0.2, 0.25) is 0 Å². The molecule has 1 saturated heterocycles. The van der Waals surface area contributed by atoms with Crippen molar-refractivity contribution in [2.75, 3.05) is 13.2 Å². The van der Waals surface area contributed by atoms with Gasteiger partial charge in [-0.25, -0.2) is 4.79 Å². The lowest BCUT2D eigenvalue weighted by Gasteiger charge is -2.21. The summed E-state index contributed by atoms with van der Waals surface area (Å²) in [5.74, 6) is 0. The van der Waals surface area contributed by atoms with E-state index in [0.29, 0.717) is 6.61 Å². The van der Waals surface area contributed by atoms with Gasteiger partial charge in [-0.1, -0.05) is 0 Å². The van der Waals surface area contributed by atoms with Crippen LogP contribution >= 0.6 is 0 Å². The molecule has 0 unspecified atom stereocenters. The van der Waals surface area contributed by atoms with Crippen LogP contribution in [0, 0.1) is 0 Å². The molecule has 5 nitrogen and oxygen atoms in total. The zero-order valence-corrected chi connectivity index (χ0v) is 8.74. The number of rotatable bonds is 3. The second-order valence-corrected chi connectivity index (χ2v) is 4.31. The number of alkyl carbamates (subject to hydrolysis) is 1. The van der Waals surface area contributed by atoms with Gasteiger partial charge in [0.05, 0.1) is 19.3 Å². The molecule has 2 atom stereocenters. The van der Waals surface area contributed by atoms with Crippen LogP contribution in [-0.2, 0) is 9.47 Å². The summed E-state index contributed by atoms with van der Waals surface area (Å²) in [5, 5.41) is 11.5. The molecule has 1 heterocycles. The van der Waals surface area contributed by atoms with Crippen molar-refractivity contribution >= 4 is 6.09 Å². The third-order valence-corrected chi connectivity index (χ3v) is 1.71. The van der Waals surface area contributed by atoms with Gasteiger partial charge >= 0.3 is 6.09 Å². The summed E-state index contributed by atoms with van der Waals surface area (Å²) >= 11 is 0. The highest BCUT2D eigenvalue weighted by Gasteiger charge is 2.34. The third-order valence-electron chi connectivity index (χ3n) is 1.71. The van der Waals surface area contributed by atoms with Crippen molar-refractivity contribution < 1.29 is 19.4 Å². The molecular formula is C9H17NO4. The maximum absolute atomic E-state index is 11.3. The van der Waals surface area contributed by atoms with Gasteiger partial charge in [-0.3, -0.25) is 0 Å². The second kappa shape index (κ2) is 4.14. The van der Waals surface area contributed by atoms with Crippen LogP contribution in [-0.4, -0.2) is 42.2 Å². The largest absolute Gasteiger partial charge is 0.444 e. The van der Waals surface area contributed by atoms with Crippen molar-refractivity contribution in [1.82, 2.24) is 5.32 Å². The van der Waals surface area contributed by atoms with E-state index in [1.165, 1.54) is 0 Å². The molecule has 1 amide bonds. The van der Waals surface area contributed by atoms with Gasteiger partial charge in [0.25, 0.3) is 0 Å². The number of aliphatic hydroxyl groups is 1. The Bertz CT molecular complexity index is 207. The molecule has 0 bridgehead atoms. The summed E-state index contributed by atoms with van der Waals surface area (Å²) in [6.07, 6.45) is -0.584. The first kappa shape index (κ1) is 11.3. The summed E-state index contributed by atoms with van der Waals surface area (Å²) in [4.78, 5) is 11.3. The minimum atomic E-state index is -0.521. The van der Waals surface area contributed by atoms with E-state index >= 15 is 0 Å². The van der Waals surface area contributed by atoms with Crippen LogP contribution in [0.5, 0.6) is 0 Å². The van der Waals surface area contributed by atoms with Crippen molar-refractivity contribution in [3.05, 3.63) is 0 Å².